The number of rotatable bonds is 8. The minimum absolute atomic E-state index is 0.162. The van der Waals surface area contributed by atoms with E-state index in [-0.39, 0.29) is 28.8 Å². The number of amides is 1. The van der Waals surface area contributed by atoms with Crippen molar-refractivity contribution < 1.29 is 18.0 Å². The van der Waals surface area contributed by atoms with Crippen molar-refractivity contribution in [3.05, 3.63) is 53.2 Å². The lowest BCUT2D eigenvalue weighted by atomic mass is 9.86. The second-order valence-electron chi connectivity index (χ2n) is 9.96. The molecule has 0 spiro atoms. The third-order valence-electron chi connectivity index (χ3n) is 7.12. The summed E-state index contributed by atoms with van der Waals surface area (Å²) in [6.07, 6.45) is 7.60. The van der Waals surface area contributed by atoms with Gasteiger partial charge >= 0.3 is 0 Å². The Bertz CT molecular complexity index is 1180. The lowest BCUT2D eigenvalue weighted by molar-refractivity contribution is -0.119. The van der Waals surface area contributed by atoms with Crippen LogP contribution in [0, 0.1) is 12.8 Å². The number of hydrogen-bond acceptors (Lipinski definition) is 5. The van der Waals surface area contributed by atoms with Gasteiger partial charge in [-0.15, -0.1) is 0 Å². The minimum atomic E-state index is -3.30. The van der Waals surface area contributed by atoms with Crippen LogP contribution in [0.1, 0.15) is 79.9 Å². The van der Waals surface area contributed by atoms with E-state index in [4.69, 9.17) is 0 Å². The van der Waals surface area contributed by atoms with Gasteiger partial charge in [0.1, 0.15) is 11.6 Å². The molecule has 1 aromatic heterocycles. The number of carbonyl (C=O) groups is 2. The van der Waals surface area contributed by atoms with E-state index < -0.39 is 15.8 Å². The fraction of sp³-hybridized carbons (Fsp3) is 0.500. The van der Waals surface area contributed by atoms with Crippen molar-refractivity contribution in [1.29, 1.82) is 0 Å². The van der Waals surface area contributed by atoms with Gasteiger partial charge in [-0.1, -0.05) is 18.2 Å². The molecule has 0 saturated heterocycles. The number of nitrogens with one attached hydrogen (secondary N) is 1. The van der Waals surface area contributed by atoms with Gasteiger partial charge in [0.2, 0.25) is 5.91 Å². The van der Waals surface area contributed by atoms with Crippen molar-refractivity contribution in [3.63, 3.8) is 0 Å². The van der Waals surface area contributed by atoms with Gasteiger partial charge in [-0.05, 0) is 86.1 Å². The highest BCUT2D eigenvalue weighted by atomic mass is 32.2. The van der Waals surface area contributed by atoms with Gasteiger partial charge in [0.15, 0.2) is 9.84 Å². The SMILES string of the molecule is Cc1ccc(NC(=O)[C@H](C[C@H]2CCC(=O)C2)c2ccc(S(=O)(=O)C3CC3)c(C3CC3)c2)nc1. The lowest BCUT2D eigenvalue weighted by Gasteiger charge is -2.22. The standard InChI is InChI=1S/C26H30N2O4S/c1-16-2-11-25(27-15-16)28-26(30)23(13-17-3-7-20(29)12-17)19-6-10-24(22(14-19)18-4-5-18)33(31,32)21-8-9-21/h2,6,10-11,14-15,17-18,21,23H,3-5,7-9,12-13H2,1H3,(H,27,28,30)/t17-,23+/m0/s1. The second kappa shape index (κ2) is 8.67. The van der Waals surface area contributed by atoms with Gasteiger partial charge in [0.25, 0.3) is 0 Å². The molecule has 0 aliphatic heterocycles. The maximum Gasteiger partial charge on any atom is 0.233 e. The molecule has 1 heterocycles. The summed E-state index contributed by atoms with van der Waals surface area (Å²) in [6, 6.07) is 9.17. The molecular weight excluding hydrogens is 436 g/mol. The van der Waals surface area contributed by atoms with Crippen LogP contribution in [0.3, 0.4) is 0 Å². The van der Waals surface area contributed by atoms with Gasteiger partial charge in [-0.2, -0.15) is 0 Å². The number of hydrogen-bond donors (Lipinski definition) is 1. The van der Waals surface area contributed by atoms with Crippen molar-refractivity contribution >= 4 is 27.3 Å². The number of benzene rings is 1. The molecule has 0 unspecified atom stereocenters. The Morgan fingerprint density at radius 2 is 1.91 bits per heavy atom. The average molecular weight is 467 g/mol. The Labute approximate surface area is 195 Å². The number of sulfone groups is 1. The predicted octanol–water partition coefficient (Wildman–Crippen LogP) is 4.69. The second-order valence-corrected chi connectivity index (χ2v) is 12.2. The van der Waals surface area contributed by atoms with Crippen LogP contribution in [0.4, 0.5) is 5.82 Å². The summed E-state index contributed by atoms with van der Waals surface area (Å²) < 4.78 is 26.0. The van der Waals surface area contributed by atoms with Crippen LogP contribution >= 0.6 is 0 Å². The Morgan fingerprint density at radius 1 is 1.12 bits per heavy atom. The molecule has 2 aromatic rings. The van der Waals surface area contributed by atoms with Crippen molar-refractivity contribution in [2.24, 2.45) is 5.92 Å². The number of carbonyl (C=O) groups excluding carboxylic acids is 2. The minimum Gasteiger partial charge on any atom is -0.310 e. The zero-order valence-electron chi connectivity index (χ0n) is 18.9. The van der Waals surface area contributed by atoms with Crippen molar-refractivity contribution in [3.8, 4) is 0 Å². The fourth-order valence-corrected chi connectivity index (χ4v) is 6.82. The molecule has 1 N–H and O–H groups in total. The number of aromatic nitrogens is 1. The number of pyridine rings is 1. The van der Waals surface area contributed by atoms with Gasteiger partial charge in [-0.3, -0.25) is 9.59 Å². The maximum atomic E-state index is 13.4. The van der Waals surface area contributed by atoms with Gasteiger partial charge in [0, 0.05) is 19.0 Å². The fourth-order valence-electron chi connectivity index (χ4n) is 4.89. The molecule has 0 bridgehead atoms. The first-order chi connectivity index (χ1) is 15.8. The molecule has 1 amide bonds. The largest absolute Gasteiger partial charge is 0.310 e. The third kappa shape index (κ3) is 4.88. The van der Waals surface area contributed by atoms with Crippen LogP contribution in [-0.2, 0) is 19.4 Å². The summed E-state index contributed by atoms with van der Waals surface area (Å²) in [6.45, 7) is 1.94. The number of nitrogens with zero attached hydrogens (tertiary/aromatic N) is 1. The quantitative estimate of drug-likeness (QED) is 0.609. The summed E-state index contributed by atoms with van der Waals surface area (Å²) >= 11 is 0. The molecular formula is C26H30N2O4S. The summed E-state index contributed by atoms with van der Waals surface area (Å²) in [5.74, 6) is 0.546. The predicted molar refractivity (Wildman–Crippen MR) is 126 cm³/mol. The lowest BCUT2D eigenvalue weighted by Crippen LogP contribution is -2.24. The first kappa shape index (κ1) is 22.3. The molecule has 3 aliphatic rings. The van der Waals surface area contributed by atoms with Gasteiger partial charge < -0.3 is 5.32 Å². The molecule has 7 heteroatoms. The summed E-state index contributed by atoms with van der Waals surface area (Å²) in [4.78, 5) is 30.0. The molecule has 3 saturated carbocycles. The number of ketones is 1. The molecule has 2 atom stereocenters. The molecule has 3 fully saturated rings. The smallest absolute Gasteiger partial charge is 0.233 e. The van der Waals surface area contributed by atoms with Gasteiger partial charge in [-0.25, -0.2) is 13.4 Å². The molecule has 5 rings (SSSR count). The number of aryl methyl sites for hydroxylation is 1. The Hall–Kier alpha value is -2.54. The van der Waals surface area contributed by atoms with E-state index in [2.05, 4.69) is 10.3 Å². The third-order valence-corrected chi connectivity index (χ3v) is 9.45. The number of Topliss-reactive ketones (excluding diaryl/α,β-unsaturated/α-hetero) is 1. The van der Waals surface area contributed by atoms with Crippen LogP contribution in [0.5, 0.6) is 0 Å². The van der Waals surface area contributed by atoms with Crippen LogP contribution in [0.2, 0.25) is 0 Å². The molecule has 6 nitrogen and oxygen atoms in total. The molecule has 3 aliphatic carbocycles. The van der Waals surface area contributed by atoms with E-state index in [1.165, 1.54) is 0 Å². The van der Waals surface area contributed by atoms with E-state index in [9.17, 15) is 18.0 Å². The van der Waals surface area contributed by atoms with Crippen LogP contribution in [0.15, 0.2) is 41.4 Å². The van der Waals surface area contributed by atoms with E-state index in [0.29, 0.717) is 30.0 Å². The van der Waals surface area contributed by atoms with Crippen LogP contribution in [-0.4, -0.2) is 30.3 Å². The zero-order chi connectivity index (χ0) is 23.2. The highest BCUT2D eigenvalue weighted by Gasteiger charge is 2.41. The first-order valence-electron chi connectivity index (χ1n) is 11.9. The maximum absolute atomic E-state index is 13.4. The van der Waals surface area contributed by atoms with E-state index >= 15 is 0 Å². The Kier molecular flexibility index (Phi) is 5.85. The monoisotopic (exact) mass is 466 g/mol. The zero-order valence-corrected chi connectivity index (χ0v) is 19.7. The Morgan fingerprint density at radius 3 is 2.52 bits per heavy atom. The van der Waals surface area contributed by atoms with Crippen LogP contribution < -0.4 is 5.32 Å². The Balaban J connectivity index is 1.47. The van der Waals surface area contributed by atoms with E-state index in [0.717, 1.165) is 48.8 Å². The molecule has 174 valence electrons. The van der Waals surface area contributed by atoms with Crippen LogP contribution in [0.25, 0.3) is 0 Å². The summed E-state index contributed by atoms with van der Waals surface area (Å²) in [5, 5.41) is 2.68. The van der Waals surface area contributed by atoms with E-state index in [1.54, 1.807) is 18.3 Å². The molecule has 33 heavy (non-hydrogen) atoms. The first-order valence-corrected chi connectivity index (χ1v) is 13.5. The van der Waals surface area contributed by atoms with Gasteiger partial charge in [0.05, 0.1) is 16.1 Å². The molecule has 0 radical (unpaired) electrons. The van der Waals surface area contributed by atoms with Crippen molar-refractivity contribution in [1.82, 2.24) is 4.98 Å². The van der Waals surface area contributed by atoms with E-state index in [1.807, 2.05) is 25.1 Å². The van der Waals surface area contributed by atoms with Crippen molar-refractivity contribution in [2.75, 3.05) is 5.32 Å². The topological polar surface area (TPSA) is 93.2 Å². The number of anilines is 1. The highest BCUT2D eigenvalue weighted by molar-refractivity contribution is 7.92. The summed E-state index contributed by atoms with van der Waals surface area (Å²) in [5.41, 5.74) is 2.71. The van der Waals surface area contributed by atoms with Crippen molar-refractivity contribution in [2.45, 2.75) is 80.3 Å². The highest BCUT2D eigenvalue weighted by Crippen LogP contribution is 2.47. The average Bonchev–Trinajstić information content (AvgIpc) is 3.70. The molecule has 1 aromatic carbocycles. The normalized spacial score (nSPS) is 21.7. The summed E-state index contributed by atoms with van der Waals surface area (Å²) in [7, 11) is -3.30.